The molecule has 1 atom stereocenters. The Morgan fingerprint density at radius 1 is 1.33 bits per heavy atom. The second-order valence-corrected chi connectivity index (χ2v) is 8.18. The van der Waals surface area contributed by atoms with Gasteiger partial charge in [-0.2, -0.15) is 0 Å². The molecule has 1 fully saturated rings. The fraction of sp³-hybridized carbons (Fsp3) is 0.667. The molecule has 0 amide bonds. The molecule has 1 aliphatic rings. The van der Waals surface area contributed by atoms with Gasteiger partial charge in [0.05, 0.1) is 0 Å². The first-order valence-corrected chi connectivity index (χ1v) is 8.97. The Bertz CT molecular complexity index is 465. The first-order valence-electron chi connectivity index (χ1n) is 8.17. The van der Waals surface area contributed by atoms with Gasteiger partial charge in [0.15, 0.2) is 0 Å². The fourth-order valence-corrected chi connectivity index (χ4v) is 3.39. The van der Waals surface area contributed by atoms with E-state index in [4.69, 9.17) is 0 Å². The third-order valence-electron chi connectivity index (χ3n) is 4.18. The SMILES string of the molecule is CCCC1CCN(c2cc(Br)ccc2CNC(C)(C)C)C1. The molecule has 1 aromatic rings. The van der Waals surface area contributed by atoms with Crippen molar-refractivity contribution in [1.82, 2.24) is 5.32 Å². The van der Waals surface area contributed by atoms with Gasteiger partial charge in [-0.05, 0) is 57.2 Å². The molecule has 0 radical (unpaired) electrons. The molecule has 1 unspecified atom stereocenters. The number of anilines is 1. The molecule has 0 saturated carbocycles. The van der Waals surface area contributed by atoms with Crippen molar-refractivity contribution in [2.75, 3.05) is 18.0 Å². The van der Waals surface area contributed by atoms with E-state index < -0.39 is 0 Å². The summed E-state index contributed by atoms with van der Waals surface area (Å²) in [6, 6.07) is 6.70. The summed E-state index contributed by atoms with van der Waals surface area (Å²) in [6.07, 6.45) is 4.00. The maximum atomic E-state index is 3.63. The summed E-state index contributed by atoms with van der Waals surface area (Å²) in [4.78, 5) is 2.57. The average Bonchev–Trinajstić information content (AvgIpc) is 2.85. The van der Waals surface area contributed by atoms with Crippen molar-refractivity contribution in [1.29, 1.82) is 0 Å². The first kappa shape index (κ1) is 16.8. The van der Waals surface area contributed by atoms with Crippen molar-refractivity contribution in [3.8, 4) is 0 Å². The molecule has 118 valence electrons. The molecule has 0 aromatic heterocycles. The molecule has 1 heterocycles. The van der Waals surface area contributed by atoms with E-state index in [0.29, 0.717) is 0 Å². The Balaban J connectivity index is 2.12. The van der Waals surface area contributed by atoms with Gasteiger partial charge >= 0.3 is 0 Å². The van der Waals surface area contributed by atoms with Gasteiger partial charge in [-0.25, -0.2) is 0 Å². The predicted molar refractivity (Wildman–Crippen MR) is 96.0 cm³/mol. The molecule has 0 spiro atoms. The Morgan fingerprint density at radius 2 is 2.10 bits per heavy atom. The number of nitrogens with one attached hydrogen (secondary N) is 1. The Morgan fingerprint density at radius 3 is 2.76 bits per heavy atom. The largest absolute Gasteiger partial charge is 0.371 e. The van der Waals surface area contributed by atoms with Gasteiger partial charge in [0.25, 0.3) is 0 Å². The fourth-order valence-electron chi connectivity index (χ4n) is 3.04. The lowest BCUT2D eigenvalue weighted by Gasteiger charge is -2.26. The predicted octanol–water partition coefficient (Wildman–Crippen LogP) is 4.96. The summed E-state index contributed by atoms with van der Waals surface area (Å²) in [5.74, 6) is 0.873. The number of nitrogens with zero attached hydrogens (tertiary/aromatic N) is 1. The molecular weight excluding hydrogens is 324 g/mol. The van der Waals surface area contributed by atoms with Crippen LogP contribution in [0.25, 0.3) is 0 Å². The van der Waals surface area contributed by atoms with Crippen molar-refractivity contribution in [3.05, 3.63) is 28.2 Å². The van der Waals surface area contributed by atoms with Gasteiger partial charge in [0, 0.05) is 35.3 Å². The van der Waals surface area contributed by atoms with E-state index in [1.54, 1.807) is 0 Å². The lowest BCUT2D eigenvalue weighted by Crippen LogP contribution is -2.35. The maximum Gasteiger partial charge on any atom is 0.0423 e. The molecule has 21 heavy (non-hydrogen) atoms. The standard InChI is InChI=1S/C18H29BrN2/c1-5-6-14-9-10-21(13-14)17-11-16(19)8-7-15(17)12-20-18(2,3)4/h7-8,11,14,20H,5-6,9-10,12-13H2,1-4H3. The highest BCUT2D eigenvalue weighted by molar-refractivity contribution is 9.10. The lowest BCUT2D eigenvalue weighted by atomic mass is 10.0. The Hall–Kier alpha value is -0.540. The smallest absolute Gasteiger partial charge is 0.0423 e. The molecular formula is C18H29BrN2. The van der Waals surface area contributed by atoms with E-state index in [-0.39, 0.29) is 5.54 Å². The average molecular weight is 353 g/mol. The molecule has 1 aromatic carbocycles. The highest BCUT2D eigenvalue weighted by atomic mass is 79.9. The van der Waals surface area contributed by atoms with Crippen LogP contribution in [0.5, 0.6) is 0 Å². The van der Waals surface area contributed by atoms with Crippen LogP contribution in [0, 0.1) is 5.92 Å². The minimum absolute atomic E-state index is 0.153. The second-order valence-electron chi connectivity index (χ2n) is 7.27. The van der Waals surface area contributed by atoms with Gasteiger partial charge in [0.1, 0.15) is 0 Å². The van der Waals surface area contributed by atoms with Gasteiger partial charge in [-0.3, -0.25) is 0 Å². The van der Waals surface area contributed by atoms with Crippen LogP contribution in [0.15, 0.2) is 22.7 Å². The summed E-state index contributed by atoms with van der Waals surface area (Å²) in [6.45, 7) is 12.3. The minimum Gasteiger partial charge on any atom is -0.371 e. The first-order chi connectivity index (χ1) is 9.89. The van der Waals surface area contributed by atoms with Crippen LogP contribution >= 0.6 is 15.9 Å². The molecule has 0 bridgehead atoms. The van der Waals surface area contributed by atoms with E-state index in [1.807, 2.05) is 0 Å². The number of hydrogen-bond acceptors (Lipinski definition) is 2. The van der Waals surface area contributed by atoms with Gasteiger partial charge in [-0.1, -0.05) is 35.3 Å². The number of hydrogen-bond donors (Lipinski definition) is 1. The van der Waals surface area contributed by atoms with E-state index in [0.717, 1.165) is 12.5 Å². The zero-order valence-corrected chi connectivity index (χ0v) is 15.5. The van der Waals surface area contributed by atoms with Crippen molar-refractivity contribution < 1.29 is 0 Å². The van der Waals surface area contributed by atoms with Crippen LogP contribution in [-0.4, -0.2) is 18.6 Å². The van der Waals surface area contributed by atoms with Crippen molar-refractivity contribution in [2.24, 2.45) is 5.92 Å². The van der Waals surface area contributed by atoms with Crippen LogP contribution in [0.4, 0.5) is 5.69 Å². The maximum absolute atomic E-state index is 3.63. The number of benzene rings is 1. The van der Waals surface area contributed by atoms with Gasteiger partial charge < -0.3 is 10.2 Å². The van der Waals surface area contributed by atoms with E-state index in [9.17, 15) is 0 Å². The zero-order chi connectivity index (χ0) is 15.5. The highest BCUT2D eigenvalue weighted by Crippen LogP contribution is 2.31. The van der Waals surface area contributed by atoms with Gasteiger partial charge in [0.2, 0.25) is 0 Å². The summed E-state index contributed by atoms with van der Waals surface area (Å²) < 4.78 is 1.18. The second kappa shape index (κ2) is 7.15. The van der Waals surface area contributed by atoms with Crippen molar-refractivity contribution in [3.63, 3.8) is 0 Å². The monoisotopic (exact) mass is 352 g/mol. The molecule has 1 saturated heterocycles. The van der Waals surface area contributed by atoms with Crippen LogP contribution < -0.4 is 10.2 Å². The molecule has 3 heteroatoms. The third kappa shape index (κ3) is 5.00. The minimum atomic E-state index is 0.153. The molecule has 1 N–H and O–H groups in total. The van der Waals surface area contributed by atoms with Crippen LogP contribution in [-0.2, 0) is 6.54 Å². The molecule has 0 aliphatic carbocycles. The summed E-state index contributed by atoms with van der Waals surface area (Å²) in [7, 11) is 0. The van der Waals surface area contributed by atoms with E-state index in [1.165, 1.54) is 48.1 Å². The van der Waals surface area contributed by atoms with E-state index >= 15 is 0 Å². The normalized spacial score (nSPS) is 19.3. The number of halogens is 1. The molecule has 2 rings (SSSR count). The summed E-state index contributed by atoms with van der Waals surface area (Å²) >= 11 is 3.63. The summed E-state index contributed by atoms with van der Waals surface area (Å²) in [5.41, 5.74) is 2.96. The van der Waals surface area contributed by atoms with Crippen molar-refractivity contribution in [2.45, 2.75) is 59.0 Å². The van der Waals surface area contributed by atoms with Crippen LogP contribution in [0.1, 0.15) is 52.5 Å². The van der Waals surface area contributed by atoms with E-state index in [2.05, 4.69) is 72.0 Å². The van der Waals surface area contributed by atoms with Gasteiger partial charge in [-0.15, -0.1) is 0 Å². The topological polar surface area (TPSA) is 15.3 Å². The molecule has 1 aliphatic heterocycles. The van der Waals surface area contributed by atoms with Crippen molar-refractivity contribution >= 4 is 21.6 Å². The van der Waals surface area contributed by atoms with Crippen LogP contribution in [0.3, 0.4) is 0 Å². The lowest BCUT2D eigenvalue weighted by molar-refractivity contribution is 0.424. The third-order valence-corrected chi connectivity index (χ3v) is 4.67. The highest BCUT2D eigenvalue weighted by Gasteiger charge is 2.24. The quantitative estimate of drug-likeness (QED) is 0.805. The summed E-state index contributed by atoms with van der Waals surface area (Å²) in [5, 5.41) is 3.62. The Kier molecular flexibility index (Phi) is 5.73. The Labute approximate surface area is 138 Å². The number of rotatable bonds is 5. The van der Waals surface area contributed by atoms with Crippen LogP contribution in [0.2, 0.25) is 0 Å². The zero-order valence-electron chi connectivity index (χ0n) is 13.9. The molecule has 2 nitrogen and oxygen atoms in total.